The Morgan fingerprint density at radius 3 is 3.00 bits per heavy atom. The lowest BCUT2D eigenvalue weighted by molar-refractivity contribution is 0.0528. The van der Waals surface area contributed by atoms with Crippen molar-refractivity contribution in [3.63, 3.8) is 0 Å². The summed E-state index contributed by atoms with van der Waals surface area (Å²) in [7, 11) is 0. The van der Waals surface area contributed by atoms with Crippen molar-refractivity contribution < 1.29 is 19.0 Å². The maximum absolute atomic E-state index is 14.0. The molecular formula is C13H17FN4O4. The van der Waals surface area contributed by atoms with E-state index in [0.717, 1.165) is 4.52 Å². The van der Waals surface area contributed by atoms with Gasteiger partial charge in [0.2, 0.25) is 5.82 Å². The number of nitrogens with zero attached hydrogens (tertiary/aromatic N) is 2. The van der Waals surface area contributed by atoms with Crippen LogP contribution in [-0.4, -0.2) is 45.4 Å². The Morgan fingerprint density at radius 1 is 1.64 bits per heavy atom. The summed E-state index contributed by atoms with van der Waals surface area (Å²) in [5, 5.41) is 14.1. The molecule has 0 unspecified atom stereocenters. The Labute approximate surface area is 124 Å². The fraction of sp³-hybridized carbons (Fsp3) is 0.462. The van der Waals surface area contributed by atoms with Crippen molar-refractivity contribution in [3.05, 3.63) is 27.9 Å². The number of rotatable bonds is 6. The Morgan fingerprint density at radius 2 is 2.36 bits per heavy atom. The predicted octanol–water partition coefficient (Wildman–Crippen LogP) is 0.379. The fourth-order valence-electron chi connectivity index (χ4n) is 1.81. The zero-order valence-corrected chi connectivity index (χ0v) is 12.2. The van der Waals surface area contributed by atoms with Gasteiger partial charge in [0, 0.05) is 19.3 Å². The molecule has 0 saturated heterocycles. The minimum Gasteiger partial charge on any atom is -0.462 e. The third-order valence-electron chi connectivity index (χ3n) is 3.03. The number of halogens is 1. The smallest absolute Gasteiger partial charge is 0.343 e. The molecule has 0 aromatic carbocycles. The molecule has 3 N–H and O–H groups in total. The zero-order valence-electron chi connectivity index (χ0n) is 12.2. The molecule has 9 heteroatoms. The van der Waals surface area contributed by atoms with E-state index in [9.17, 15) is 14.0 Å². The van der Waals surface area contributed by atoms with E-state index < -0.39 is 17.3 Å². The number of ether oxygens (including phenoxy) is 1. The van der Waals surface area contributed by atoms with Crippen molar-refractivity contribution in [2.24, 2.45) is 5.92 Å². The number of nitrogens with one attached hydrogen (secondary N) is 2. The molecule has 0 amide bonds. The van der Waals surface area contributed by atoms with E-state index in [1.54, 1.807) is 13.8 Å². The van der Waals surface area contributed by atoms with E-state index >= 15 is 0 Å². The maximum Gasteiger partial charge on any atom is 0.343 e. The molecule has 0 fully saturated rings. The average molecular weight is 312 g/mol. The minimum atomic E-state index is -1.07. The molecule has 2 rings (SSSR count). The van der Waals surface area contributed by atoms with E-state index in [2.05, 4.69) is 15.4 Å². The first-order valence-electron chi connectivity index (χ1n) is 6.81. The van der Waals surface area contributed by atoms with Gasteiger partial charge < -0.3 is 15.2 Å². The van der Waals surface area contributed by atoms with Gasteiger partial charge in [-0.2, -0.15) is 8.91 Å². The average Bonchev–Trinajstić information content (AvgIpc) is 2.93. The maximum atomic E-state index is 14.0. The van der Waals surface area contributed by atoms with E-state index in [-0.39, 0.29) is 42.7 Å². The molecule has 2 heterocycles. The third kappa shape index (κ3) is 2.93. The Kier molecular flexibility index (Phi) is 4.76. The van der Waals surface area contributed by atoms with Crippen molar-refractivity contribution in [1.82, 2.24) is 14.6 Å². The molecule has 22 heavy (non-hydrogen) atoms. The van der Waals surface area contributed by atoms with E-state index in [4.69, 9.17) is 9.84 Å². The number of aliphatic hydroxyl groups is 1. The van der Waals surface area contributed by atoms with Crippen molar-refractivity contribution >= 4 is 17.4 Å². The van der Waals surface area contributed by atoms with Crippen LogP contribution in [0.15, 0.2) is 11.0 Å². The third-order valence-corrected chi connectivity index (χ3v) is 3.03. The number of H-pyrrole nitrogens is 1. The molecule has 0 aliphatic carbocycles. The van der Waals surface area contributed by atoms with Gasteiger partial charge in [-0.15, -0.1) is 0 Å². The number of esters is 1. The summed E-state index contributed by atoms with van der Waals surface area (Å²) in [5.41, 5.74) is -0.944. The number of aromatic amines is 1. The number of carbonyl (C=O) groups excluding carboxylic acids is 1. The van der Waals surface area contributed by atoms with Crippen LogP contribution in [0.5, 0.6) is 0 Å². The first-order valence-corrected chi connectivity index (χ1v) is 6.81. The fourth-order valence-corrected chi connectivity index (χ4v) is 1.81. The Bertz CT molecular complexity index is 739. The van der Waals surface area contributed by atoms with Crippen LogP contribution in [0.1, 0.15) is 24.2 Å². The van der Waals surface area contributed by atoms with E-state index in [0.29, 0.717) is 0 Å². The number of carbonyl (C=O) groups is 1. The van der Waals surface area contributed by atoms with Crippen LogP contribution in [0.4, 0.5) is 10.2 Å². The normalized spacial score (nSPS) is 12.4. The Hall–Kier alpha value is -2.42. The largest absolute Gasteiger partial charge is 0.462 e. The monoisotopic (exact) mass is 312 g/mol. The van der Waals surface area contributed by atoms with Crippen LogP contribution in [0.3, 0.4) is 0 Å². The van der Waals surface area contributed by atoms with Gasteiger partial charge in [-0.05, 0) is 12.8 Å². The second-order valence-corrected chi connectivity index (χ2v) is 4.81. The van der Waals surface area contributed by atoms with Gasteiger partial charge in [0.15, 0.2) is 11.5 Å². The molecule has 0 aliphatic heterocycles. The van der Waals surface area contributed by atoms with Crippen LogP contribution in [-0.2, 0) is 4.74 Å². The van der Waals surface area contributed by atoms with Crippen LogP contribution < -0.4 is 10.9 Å². The van der Waals surface area contributed by atoms with Gasteiger partial charge in [-0.1, -0.05) is 6.92 Å². The van der Waals surface area contributed by atoms with Gasteiger partial charge >= 0.3 is 11.5 Å². The molecule has 8 nitrogen and oxygen atoms in total. The minimum absolute atomic E-state index is 0.0241. The molecular weight excluding hydrogens is 295 g/mol. The van der Waals surface area contributed by atoms with Crippen LogP contribution in [0, 0.1) is 11.7 Å². The second kappa shape index (κ2) is 6.56. The molecule has 0 bridgehead atoms. The summed E-state index contributed by atoms with van der Waals surface area (Å²) >= 11 is 0. The van der Waals surface area contributed by atoms with Gasteiger partial charge in [-0.25, -0.2) is 9.78 Å². The molecule has 2 aromatic heterocycles. The number of fused-ring (bicyclic) bond motifs is 1. The van der Waals surface area contributed by atoms with Gasteiger partial charge in [0.25, 0.3) is 0 Å². The second-order valence-electron chi connectivity index (χ2n) is 4.81. The summed E-state index contributed by atoms with van der Waals surface area (Å²) in [6, 6.07) is 0. The molecule has 120 valence electrons. The Balaban J connectivity index is 2.45. The number of hydrogen-bond donors (Lipinski definition) is 3. The van der Waals surface area contributed by atoms with Gasteiger partial charge in [0.05, 0.1) is 6.61 Å². The van der Waals surface area contributed by atoms with Crippen LogP contribution in [0.25, 0.3) is 5.65 Å². The molecule has 0 spiro atoms. The molecule has 0 saturated carbocycles. The number of hydrogen-bond acceptors (Lipinski definition) is 6. The first kappa shape index (κ1) is 16.0. The van der Waals surface area contributed by atoms with Crippen molar-refractivity contribution in [2.45, 2.75) is 13.8 Å². The topological polar surface area (TPSA) is 109 Å². The number of anilines is 1. The summed E-state index contributed by atoms with van der Waals surface area (Å²) in [6.07, 6.45) is 1.24. The molecule has 0 radical (unpaired) electrons. The van der Waals surface area contributed by atoms with Gasteiger partial charge in [-0.3, -0.25) is 9.89 Å². The summed E-state index contributed by atoms with van der Waals surface area (Å²) < 4.78 is 19.7. The van der Waals surface area contributed by atoms with Crippen molar-refractivity contribution in [1.29, 1.82) is 0 Å². The molecule has 0 aliphatic rings. The van der Waals surface area contributed by atoms with Crippen molar-refractivity contribution in [2.75, 3.05) is 25.1 Å². The number of aromatic nitrogens is 3. The highest BCUT2D eigenvalue weighted by Gasteiger charge is 2.20. The molecule has 1 atom stereocenters. The number of aliphatic hydroxyl groups excluding tert-OH is 1. The van der Waals surface area contributed by atoms with Crippen LogP contribution >= 0.6 is 0 Å². The highest BCUT2D eigenvalue weighted by Crippen LogP contribution is 2.13. The van der Waals surface area contributed by atoms with Gasteiger partial charge in [0.1, 0.15) is 5.56 Å². The highest BCUT2D eigenvalue weighted by atomic mass is 19.1. The van der Waals surface area contributed by atoms with E-state index in [1.807, 2.05) is 0 Å². The summed E-state index contributed by atoms with van der Waals surface area (Å²) in [6.45, 7) is 3.70. The summed E-state index contributed by atoms with van der Waals surface area (Å²) in [4.78, 5) is 27.7. The lowest BCUT2D eigenvalue weighted by Gasteiger charge is -2.10. The highest BCUT2D eigenvalue weighted by molar-refractivity contribution is 5.95. The van der Waals surface area contributed by atoms with Crippen LogP contribution in [0.2, 0.25) is 0 Å². The summed E-state index contributed by atoms with van der Waals surface area (Å²) in [5.74, 6) is -2.14. The predicted molar refractivity (Wildman–Crippen MR) is 76.5 cm³/mol. The SMILES string of the molecule is CCOC(=O)c1c[nH]n2c(=O)c(F)c(NC[C@H](C)CO)nc12. The first-order chi connectivity index (χ1) is 10.5. The lowest BCUT2D eigenvalue weighted by Crippen LogP contribution is -2.24. The van der Waals surface area contributed by atoms with Crippen molar-refractivity contribution in [3.8, 4) is 0 Å². The van der Waals surface area contributed by atoms with E-state index in [1.165, 1.54) is 6.20 Å². The quantitative estimate of drug-likeness (QED) is 0.665. The lowest BCUT2D eigenvalue weighted by atomic mass is 10.2. The zero-order chi connectivity index (χ0) is 16.3. The standard InChI is InChI=1S/C13H17FN4O4/c1-3-22-13(21)8-5-16-18-11(8)17-10(9(14)12(18)20)15-4-7(2)6-19/h5,7,15-16,19H,3-4,6H2,1-2H3/t7-/m0/s1. The molecule has 2 aromatic rings.